The summed E-state index contributed by atoms with van der Waals surface area (Å²) in [4.78, 5) is 22.1. The number of halogens is 1. The minimum atomic E-state index is -1.19. The van der Waals surface area contributed by atoms with Gasteiger partial charge in [-0.15, -0.1) is 0 Å². The van der Waals surface area contributed by atoms with Crippen LogP contribution >= 0.6 is 11.6 Å². The number of ether oxygens (including phenoxy) is 1. The lowest BCUT2D eigenvalue weighted by Crippen LogP contribution is -2.26. The zero-order valence-corrected chi connectivity index (χ0v) is 10.1. The van der Waals surface area contributed by atoms with E-state index in [0.717, 1.165) is 0 Å². The highest BCUT2D eigenvalue weighted by atomic mass is 35.5. The summed E-state index contributed by atoms with van der Waals surface area (Å²) in [5, 5.41) is 11.4. The van der Waals surface area contributed by atoms with Crippen LogP contribution in [0.15, 0.2) is 18.2 Å². The van der Waals surface area contributed by atoms with Gasteiger partial charge >= 0.3 is 5.97 Å². The fourth-order valence-electron chi connectivity index (χ4n) is 1.08. The third-order valence-corrected chi connectivity index (χ3v) is 2.51. The average molecular weight is 258 g/mol. The Bertz CT molecular complexity index is 447. The summed E-state index contributed by atoms with van der Waals surface area (Å²) < 4.78 is 4.95. The van der Waals surface area contributed by atoms with Crippen molar-refractivity contribution >= 4 is 29.2 Å². The molecule has 1 unspecified atom stereocenters. The number of carbonyl (C=O) groups is 2. The summed E-state index contributed by atoms with van der Waals surface area (Å²) in [5.74, 6) is -2.39. The Morgan fingerprint density at radius 2 is 2.12 bits per heavy atom. The maximum absolute atomic E-state index is 11.5. The van der Waals surface area contributed by atoms with E-state index in [1.807, 2.05) is 0 Å². The van der Waals surface area contributed by atoms with Gasteiger partial charge in [-0.2, -0.15) is 0 Å². The monoisotopic (exact) mass is 257 g/mol. The van der Waals surface area contributed by atoms with E-state index in [1.165, 1.54) is 20.1 Å². The lowest BCUT2D eigenvalue weighted by atomic mass is 10.1. The van der Waals surface area contributed by atoms with E-state index in [1.54, 1.807) is 12.1 Å². The van der Waals surface area contributed by atoms with Crippen molar-refractivity contribution in [1.82, 2.24) is 0 Å². The number of methoxy groups -OCH3 is 1. The lowest BCUT2D eigenvalue weighted by molar-refractivity contribution is -0.144. The average Bonchev–Trinajstić information content (AvgIpc) is 2.30. The first-order chi connectivity index (χ1) is 7.95. The Morgan fingerprint density at radius 3 is 2.59 bits per heavy atom. The van der Waals surface area contributed by atoms with Gasteiger partial charge in [-0.3, -0.25) is 9.59 Å². The number of anilines is 1. The second-order valence-electron chi connectivity index (χ2n) is 3.39. The molecular formula is C11H12ClNO4. The van der Waals surface area contributed by atoms with Crippen LogP contribution < -0.4 is 10.1 Å². The van der Waals surface area contributed by atoms with Crippen molar-refractivity contribution < 1.29 is 19.4 Å². The van der Waals surface area contributed by atoms with E-state index in [2.05, 4.69) is 5.32 Å². The molecule has 6 heteroatoms. The highest BCUT2D eigenvalue weighted by Crippen LogP contribution is 2.26. The number of carboxylic acid groups (broad SMARTS) is 1. The largest absolute Gasteiger partial charge is 0.497 e. The van der Waals surface area contributed by atoms with Crippen LogP contribution in [0.4, 0.5) is 5.69 Å². The first-order valence-corrected chi connectivity index (χ1v) is 5.20. The topological polar surface area (TPSA) is 75.6 Å². The van der Waals surface area contributed by atoms with Crippen molar-refractivity contribution in [3.63, 3.8) is 0 Å². The molecule has 1 amide bonds. The Balaban J connectivity index is 2.82. The van der Waals surface area contributed by atoms with Gasteiger partial charge in [-0.1, -0.05) is 11.6 Å². The fourth-order valence-corrected chi connectivity index (χ4v) is 1.30. The number of nitrogens with one attached hydrogen (secondary N) is 1. The van der Waals surface area contributed by atoms with Crippen LogP contribution in [0, 0.1) is 5.92 Å². The minimum absolute atomic E-state index is 0.287. The molecule has 5 nitrogen and oxygen atoms in total. The number of aliphatic carboxylic acids is 1. The maximum atomic E-state index is 11.5. The third-order valence-electron chi connectivity index (χ3n) is 2.20. The highest BCUT2D eigenvalue weighted by molar-refractivity contribution is 6.34. The van der Waals surface area contributed by atoms with Crippen LogP contribution in [0.3, 0.4) is 0 Å². The van der Waals surface area contributed by atoms with E-state index in [4.69, 9.17) is 21.4 Å². The van der Waals surface area contributed by atoms with Crippen LogP contribution in [-0.4, -0.2) is 24.1 Å². The van der Waals surface area contributed by atoms with Gasteiger partial charge in [0, 0.05) is 6.07 Å². The SMILES string of the molecule is COc1ccc(NC(=O)C(C)C(=O)O)c(Cl)c1. The number of hydrogen-bond acceptors (Lipinski definition) is 3. The van der Waals surface area contributed by atoms with Gasteiger partial charge in [-0.25, -0.2) is 0 Å². The Morgan fingerprint density at radius 1 is 1.47 bits per heavy atom. The summed E-state index contributed by atoms with van der Waals surface area (Å²) in [6, 6.07) is 4.70. The summed E-state index contributed by atoms with van der Waals surface area (Å²) in [5.41, 5.74) is 0.352. The molecule has 17 heavy (non-hydrogen) atoms. The predicted molar refractivity (Wildman–Crippen MR) is 63.4 cm³/mol. The molecule has 0 spiro atoms. The number of hydrogen-bond donors (Lipinski definition) is 2. The highest BCUT2D eigenvalue weighted by Gasteiger charge is 2.21. The summed E-state index contributed by atoms with van der Waals surface area (Å²) in [7, 11) is 1.50. The molecule has 1 aromatic rings. The molecular weight excluding hydrogens is 246 g/mol. The van der Waals surface area contributed by atoms with Gasteiger partial charge < -0.3 is 15.2 Å². The van der Waals surface area contributed by atoms with Crippen molar-refractivity contribution in [1.29, 1.82) is 0 Å². The van der Waals surface area contributed by atoms with E-state index < -0.39 is 17.8 Å². The molecule has 0 fully saturated rings. The third kappa shape index (κ3) is 3.35. The Kier molecular flexibility index (Phi) is 4.34. The second-order valence-corrected chi connectivity index (χ2v) is 3.80. The molecule has 0 bridgehead atoms. The van der Waals surface area contributed by atoms with Gasteiger partial charge in [-0.05, 0) is 19.1 Å². The van der Waals surface area contributed by atoms with E-state index in [0.29, 0.717) is 11.4 Å². The number of carbonyl (C=O) groups excluding carboxylic acids is 1. The molecule has 0 aliphatic heterocycles. The summed E-state index contributed by atoms with van der Waals surface area (Å²) in [6.45, 7) is 1.30. The number of rotatable bonds is 4. The van der Waals surface area contributed by atoms with Crippen LogP contribution in [-0.2, 0) is 9.59 Å². The molecule has 0 heterocycles. The van der Waals surface area contributed by atoms with Crippen molar-refractivity contribution in [2.45, 2.75) is 6.92 Å². The Labute approximate surface area is 103 Å². The maximum Gasteiger partial charge on any atom is 0.315 e. The Hall–Kier alpha value is -1.75. The van der Waals surface area contributed by atoms with Gasteiger partial charge in [0.25, 0.3) is 0 Å². The van der Waals surface area contributed by atoms with E-state index in [-0.39, 0.29) is 5.02 Å². The zero-order valence-electron chi connectivity index (χ0n) is 9.36. The van der Waals surface area contributed by atoms with Crippen molar-refractivity contribution in [3.8, 4) is 5.75 Å². The molecule has 1 rings (SSSR count). The number of amides is 1. The normalized spacial score (nSPS) is 11.7. The smallest absolute Gasteiger partial charge is 0.315 e. The molecule has 0 saturated heterocycles. The fraction of sp³-hybridized carbons (Fsp3) is 0.273. The number of benzene rings is 1. The molecule has 0 radical (unpaired) electrons. The molecule has 1 atom stereocenters. The summed E-state index contributed by atoms with van der Waals surface area (Å²) in [6.07, 6.45) is 0. The van der Waals surface area contributed by atoms with Crippen molar-refractivity contribution in [3.05, 3.63) is 23.2 Å². The second kappa shape index (κ2) is 5.54. The standard InChI is InChI=1S/C11H12ClNO4/c1-6(11(15)16)10(14)13-9-4-3-7(17-2)5-8(9)12/h3-6H,1-2H3,(H,13,14)(H,15,16). The molecule has 2 N–H and O–H groups in total. The van der Waals surface area contributed by atoms with Crippen LogP contribution in [0.5, 0.6) is 5.75 Å². The molecule has 0 aliphatic rings. The molecule has 0 aliphatic carbocycles. The minimum Gasteiger partial charge on any atom is -0.497 e. The lowest BCUT2D eigenvalue weighted by Gasteiger charge is -2.10. The van der Waals surface area contributed by atoms with Crippen molar-refractivity contribution in [2.24, 2.45) is 5.92 Å². The number of carboxylic acids is 1. The summed E-state index contributed by atoms with van der Waals surface area (Å²) >= 11 is 5.89. The van der Waals surface area contributed by atoms with Crippen LogP contribution in [0.25, 0.3) is 0 Å². The molecule has 92 valence electrons. The van der Waals surface area contributed by atoms with Crippen LogP contribution in [0.2, 0.25) is 5.02 Å². The van der Waals surface area contributed by atoms with E-state index >= 15 is 0 Å². The van der Waals surface area contributed by atoms with Gasteiger partial charge in [0.15, 0.2) is 0 Å². The quantitative estimate of drug-likeness (QED) is 0.809. The first kappa shape index (κ1) is 13.3. The van der Waals surface area contributed by atoms with Crippen molar-refractivity contribution in [2.75, 3.05) is 12.4 Å². The van der Waals surface area contributed by atoms with Gasteiger partial charge in [0.1, 0.15) is 11.7 Å². The van der Waals surface area contributed by atoms with Gasteiger partial charge in [0.2, 0.25) is 5.91 Å². The first-order valence-electron chi connectivity index (χ1n) is 4.83. The van der Waals surface area contributed by atoms with Gasteiger partial charge in [0.05, 0.1) is 17.8 Å². The molecule has 1 aromatic carbocycles. The molecule has 0 saturated carbocycles. The van der Waals surface area contributed by atoms with Crippen LogP contribution in [0.1, 0.15) is 6.92 Å². The van der Waals surface area contributed by atoms with E-state index in [9.17, 15) is 9.59 Å². The predicted octanol–water partition coefficient (Wildman–Crippen LogP) is 2.01. The molecule has 0 aromatic heterocycles. The zero-order chi connectivity index (χ0) is 13.0.